The molecule has 1 aliphatic carbocycles. The zero-order valence-electron chi connectivity index (χ0n) is 13.5. The van der Waals surface area contributed by atoms with Gasteiger partial charge in [-0.3, -0.25) is 4.79 Å². The minimum Gasteiger partial charge on any atom is -0.396 e. The van der Waals surface area contributed by atoms with E-state index in [9.17, 15) is 4.79 Å². The Kier molecular flexibility index (Phi) is 8.20. The maximum atomic E-state index is 12.3. The van der Waals surface area contributed by atoms with Gasteiger partial charge in [-0.2, -0.15) is 0 Å². The molecule has 0 bridgehead atoms. The lowest BCUT2D eigenvalue weighted by molar-refractivity contribution is -0.127. The summed E-state index contributed by atoms with van der Waals surface area (Å²) in [4.78, 5) is 12.3. The second-order valence-corrected chi connectivity index (χ2v) is 6.73. The molecule has 1 aliphatic rings. The molecule has 1 unspecified atom stereocenters. The Morgan fingerprint density at radius 2 is 1.90 bits per heavy atom. The number of hydrogen-bond acceptors (Lipinski definition) is 2. The minimum absolute atomic E-state index is 0.116. The molecule has 0 spiro atoms. The molecule has 0 aromatic heterocycles. The van der Waals surface area contributed by atoms with Crippen LogP contribution in [0.25, 0.3) is 0 Å². The molecular weight excluding hydrogens is 250 g/mol. The third-order valence-corrected chi connectivity index (χ3v) is 4.76. The normalized spacial score (nSPS) is 24.6. The predicted molar refractivity (Wildman–Crippen MR) is 83.4 cm³/mol. The van der Waals surface area contributed by atoms with Crippen LogP contribution < -0.4 is 5.32 Å². The van der Waals surface area contributed by atoms with E-state index in [1.54, 1.807) is 0 Å². The smallest absolute Gasteiger partial charge is 0.223 e. The summed E-state index contributed by atoms with van der Waals surface area (Å²) in [5, 5.41) is 12.2. The highest BCUT2D eigenvalue weighted by molar-refractivity contribution is 5.79. The summed E-state index contributed by atoms with van der Waals surface area (Å²) >= 11 is 0. The van der Waals surface area contributed by atoms with Gasteiger partial charge in [-0.25, -0.2) is 0 Å². The highest BCUT2D eigenvalue weighted by atomic mass is 16.3. The van der Waals surface area contributed by atoms with E-state index in [1.807, 2.05) is 0 Å². The van der Waals surface area contributed by atoms with E-state index in [-0.39, 0.29) is 24.5 Å². The van der Waals surface area contributed by atoms with Crippen molar-refractivity contribution in [1.29, 1.82) is 0 Å². The number of carbonyl (C=O) groups is 1. The summed E-state index contributed by atoms with van der Waals surface area (Å²) in [7, 11) is 0. The van der Waals surface area contributed by atoms with Gasteiger partial charge < -0.3 is 10.4 Å². The maximum absolute atomic E-state index is 12.3. The van der Waals surface area contributed by atoms with Crippen LogP contribution in [0.1, 0.15) is 72.1 Å². The van der Waals surface area contributed by atoms with Crippen LogP contribution in [-0.2, 0) is 4.79 Å². The van der Waals surface area contributed by atoms with E-state index in [4.69, 9.17) is 5.11 Å². The molecule has 0 heterocycles. The van der Waals surface area contributed by atoms with E-state index in [0.717, 1.165) is 18.8 Å². The topological polar surface area (TPSA) is 49.3 Å². The highest BCUT2D eigenvalue weighted by Gasteiger charge is 2.27. The first-order valence-electron chi connectivity index (χ1n) is 8.49. The first-order chi connectivity index (χ1) is 9.58. The zero-order chi connectivity index (χ0) is 15.0. The third kappa shape index (κ3) is 5.82. The lowest BCUT2D eigenvalue weighted by Gasteiger charge is -2.30. The first kappa shape index (κ1) is 17.5. The number of amides is 1. The van der Waals surface area contributed by atoms with E-state index < -0.39 is 0 Å². The molecule has 1 rings (SSSR count). The summed E-state index contributed by atoms with van der Waals surface area (Å²) in [5.41, 5.74) is 0. The first-order valence-corrected chi connectivity index (χ1v) is 8.49. The van der Waals surface area contributed by atoms with Gasteiger partial charge in [0.1, 0.15) is 0 Å². The lowest BCUT2D eigenvalue weighted by atomic mass is 9.79. The molecule has 0 aromatic carbocycles. The van der Waals surface area contributed by atoms with Crippen LogP contribution in [0.2, 0.25) is 0 Å². The van der Waals surface area contributed by atoms with Crippen LogP contribution in [0.4, 0.5) is 0 Å². The predicted octanol–water partition coefficient (Wildman–Crippen LogP) is 3.51. The second kappa shape index (κ2) is 9.38. The molecule has 3 heteroatoms. The summed E-state index contributed by atoms with van der Waals surface area (Å²) < 4.78 is 0. The average Bonchev–Trinajstić information content (AvgIpc) is 2.45. The molecule has 0 radical (unpaired) electrons. The molecule has 0 saturated heterocycles. The SMILES string of the molecule is CCCCC1CCC(C(=O)NC(CCO)C(C)C)CC1. The zero-order valence-corrected chi connectivity index (χ0v) is 13.5. The molecule has 1 amide bonds. The van der Waals surface area contributed by atoms with Gasteiger partial charge in [0.2, 0.25) is 5.91 Å². The fraction of sp³-hybridized carbons (Fsp3) is 0.941. The Balaban J connectivity index is 2.34. The maximum Gasteiger partial charge on any atom is 0.223 e. The monoisotopic (exact) mass is 283 g/mol. The van der Waals surface area contributed by atoms with Gasteiger partial charge in [0.05, 0.1) is 0 Å². The van der Waals surface area contributed by atoms with Crippen molar-refractivity contribution in [2.75, 3.05) is 6.61 Å². The van der Waals surface area contributed by atoms with Crippen molar-refractivity contribution in [2.45, 2.75) is 78.2 Å². The van der Waals surface area contributed by atoms with Gasteiger partial charge >= 0.3 is 0 Å². The Hall–Kier alpha value is -0.570. The molecule has 1 fully saturated rings. The Bertz CT molecular complexity index is 270. The van der Waals surface area contributed by atoms with Gasteiger partial charge in [-0.15, -0.1) is 0 Å². The van der Waals surface area contributed by atoms with Crippen LogP contribution >= 0.6 is 0 Å². The number of aliphatic hydroxyl groups excluding tert-OH is 1. The quantitative estimate of drug-likeness (QED) is 0.716. The summed E-state index contributed by atoms with van der Waals surface area (Å²) in [5.74, 6) is 1.64. The van der Waals surface area contributed by atoms with Gasteiger partial charge in [0.15, 0.2) is 0 Å². The van der Waals surface area contributed by atoms with Crippen LogP contribution in [0.3, 0.4) is 0 Å². The Morgan fingerprint density at radius 1 is 1.25 bits per heavy atom. The van der Waals surface area contributed by atoms with Gasteiger partial charge in [0.25, 0.3) is 0 Å². The third-order valence-electron chi connectivity index (χ3n) is 4.76. The number of hydrogen-bond donors (Lipinski definition) is 2. The van der Waals surface area contributed by atoms with Crippen molar-refractivity contribution in [3.05, 3.63) is 0 Å². The van der Waals surface area contributed by atoms with Gasteiger partial charge in [0, 0.05) is 18.6 Å². The van der Waals surface area contributed by atoms with Crippen LogP contribution in [-0.4, -0.2) is 23.7 Å². The summed E-state index contributed by atoms with van der Waals surface area (Å²) in [6.45, 7) is 6.59. The Labute approximate surface area is 124 Å². The Morgan fingerprint density at radius 3 is 2.40 bits per heavy atom. The molecule has 20 heavy (non-hydrogen) atoms. The molecule has 2 N–H and O–H groups in total. The van der Waals surface area contributed by atoms with Crippen molar-refractivity contribution < 1.29 is 9.90 Å². The number of carbonyl (C=O) groups excluding carboxylic acids is 1. The minimum atomic E-state index is 0.116. The standard InChI is InChI=1S/C17H33NO2/c1-4-5-6-14-7-9-15(10-8-14)17(20)18-16(11-12-19)13(2)3/h13-16,19H,4-12H2,1-3H3,(H,18,20). The van der Waals surface area contributed by atoms with Crippen molar-refractivity contribution >= 4 is 5.91 Å². The molecule has 0 aromatic rings. The van der Waals surface area contributed by atoms with E-state index in [0.29, 0.717) is 12.3 Å². The van der Waals surface area contributed by atoms with Crippen molar-refractivity contribution in [3.63, 3.8) is 0 Å². The lowest BCUT2D eigenvalue weighted by Crippen LogP contribution is -2.43. The largest absolute Gasteiger partial charge is 0.396 e. The van der Waals surface area contributed by atoms with Crippen LogP contribution in [0.5, 0.6) is 0 Å². The summed E-state index contributed by atoms with van der Waals surface area (Å²) in [6.07, 6.45) is 9.12. The van der Waals surface area contributed by atoms with Gasteiger partial charge in [-0.05, 0) is 43.9 Å². The number of unbranched alkanes of at least 4 members (excludes halogenated alkanes) is 1. The number of nitrogens with one attached hydrogen (secondary N) is 1. The van der Waals surface area contributed by atoms with Crippen molar-refractivity contribution in [1.82, 2.24) is 5.32 Å². The number of aliphatic hydroxyl groups is 1. The fourth-order valence-electron chi connectivity index (χ4n) is 3.22. The van der Waals surface area contributed by atoms with Crippen LogP contribution in [0.15, 0.2) is 0 Å². The molecular formula is C17H33NO2. The van der Waals surface area contributed by atoms with Crippen LogP contribution in [0, 0.1) is 17.8 Å². The van der Waals surface area contributed by atoms with E-state index >= 15 is 0 Å². The highest BCUT2D eigenvalue weighted by Crippen LogP contribution is 2.32. The molecule has 0 aliphatic heterocycles. The molecule has 1 atom stereocenters. The molecule has 118 valence electrons. The summed E-state index contributed by atoms with van der Waals surface area (Å²) in [6, 6.07) is 0.116. The van der Waals surface area contributed by atoms with Crippen molar-refractivity contribution in [2.24, 2.45) is 17.8 Å². The molecule has 3 nitrogen and oxygen atoms in total. The van der Waals surface area contributed by atoms with E-state index in [2.05, 4.69) is 26.1 Å². The van der Waals surface area contributed by atoms with Crippen molar-refractivity contribution in [3.8, 4) is 0 Å². The van der Waals surface area contributed by atoms with Gasteiger partial charge in [-0.1, -0.05) is 40.0 Å². The van der Waals surface area contributed by atoms with E-state index in [1.165, 1.54) is 32.1 Å². The number of rotatable bonds is 8. The second-order valence-electron chi connectivity index (χ2n) is 6.73. The average molecular weight is 283 g/mol. The molecule has 1 saturated carbocycles. The fourth-order valence-corrected chi connectivity index (χ4v) is 3.22.